The molecule has 2 heterocycles. The number of methoxy groups -OCH3 is 1. The fourth-order valence-corrected chi connectivity index (χ4v) is 2.85. The summed E-state index contributed by atoms with van der Waals surface area (Å²) in [5.41, 5.74) is 1.65. The van der Waals surface area contributed by atoms with E-state index in [2.05, 4.69) is 20.5 Å². The van der Waals surface area contributed by atoms with E-state index in [0.29, 0.717) is 29.2 Å². The molecule has 2 aromatic rings. The summed E-state index contributed by atoms with van der Waals surface area (Å²) in [6.07, 6.45) is 1.52. The number of amides is 1. The molecule has 1 aliphatic rings. The van der Waals surface area contributed by atoms with Crippen LogP contribution in [0, 0.1) is 0 Å². The lowest BCUT2D eigenvalue weighted by Crippen LogP contribution is -2.41. The first-order valence-electron chi connectivity index (χ1n) is 9.15. The van der Waals surface area contributed by atoms with Gasteiger partial charge >= 0.3 is 5.97 Å². The highest BCUT2D eigenvalue weighted by atomic mass is 16.5. The third-order valence-electron chi connectivity index (χ3n) is 4.40. The van der Waals surface area contributed by atoms with Crippen LogP contribution in [0.2, 0.25) is 0 Å². The van der Waals surface area contributed by atoms with Gasteiger partial charge in [0.05, 0.1) is 31.5 Å². The number of aromatic nitrogens is 1. The van der Waals surface area contributed by atoms with E-state index in [0.717, 1.165) is 32.8 Å². The number of hydrogen-bond donors (Lipinski definition) is 2. The third-order valence-corrected chi connectivity index (χ3v) is 4.40. The van der Waals surface area contributed by atoms with Crippen LogP contribution >= 0.6 is 0 Å². The monoisotopic (exact) mass is 384 g/mol. The molecule has 0 spiro atoms. The summed E-state index contributed by atoms with van der Waals surface area (Å²) in [6, 6.07) is 10.4. The Balaban J connectivity index is 1.51. The quantitative estimate of drug-likeness (QED) is 0.702. The Morgan fingerprint density at radius 1 is 1.18 bits per heavy atom. The van der Waals surface area contributed by atoms with Crippen LogP contribution in [0.25, 0.3) is 0 Å². The first-order valence-corrected chi connectivity index (χ1v) is 9.15. The van der Waals surface area contributed by atoms with Crippen molar-refractivity contribution in [1.82, 2.24) is 15.2 Å². The number of rotatable bonds is 7. The molecule has 0 atom stereocenters. The van der Waals surface area contributed by atoms with Crippen molar-refractivity contribution in [1.29, 1.82) is 0 Å². The zero-order valence-corrected chi connectivity index (χ0v) is 15.8. The molecule has 1 amide bonds. The number of anilines is 2. The molecule has 8 nitrogen and oxygen atoms in total. The molecule has 2 N–H and O–H groups in total. The minimum Gasteiger partial charge on any atom is -0.465 e. The Bertz CT molecular complexity index is 804. The molecule has 1 aromatic carbocycles. The van der Waals surface area contributed by atoms with Gasteiger partial charge in [0.2, 0.25) is 0 Å². The maximum absolute atomic E-state index is 12.2. The minimum absolute atomic E-state index is 0.153. The smallest absolute Gasteiger partial charge is 0.337 e. The number of morpholine rings is 1. The van der Waals surface area contributed by atoms with Crippen molar-refractivity contribution in [2.75, 3.05) is 51.8 Å². The van der Waals surface area contributed by atoms with Gasteiger partial charge in [0.1, 0.15) is 5.82 Å². The van der Waals surface area contributed by atoms with E-state index in [1.54, 1.807) is 30.3 Å². The van der Waals surface area contributed by atoms with E-state index in [9.17, 15) is 9.59 Å². The van der Waals surface area contributed by atoms with Crippen LogP contribution in [0.4, 0.5) is 11.5 Å². The molecule has 1 aromatic heterocycles. The summed E-state index contributed by atoms with van der Waals surface area (Å²) in [6.45, 7) is 4.67. The van der Waals surface area contributed by atoms with Gasteiger partial charge in [0.15, 0.2) is 0 Å². The SMILES string of the molecule is COC(=O)c1cccc(Nc2ccc(C(=O)NCCN3CCOCC3)cn2)c1. The van der Waals surface area contributed by atoms with Crippen molar-refractivity contribution in [3.63, 3.8) is 0 Å². The lowest BCUT2D eigenvalue weighted by molar-refractivity contribution is 0.0383. The molecule has 3 rings (SSSR count). The van der Waals surface area contributed by atoms with E-state index < -0.39 is 5.97 Å². The molecule has 28 heavy (non-hydrogen) atoms. The van der Waals surface area contributed by atoms with Crippen molar-refractivity contribution in [2.24, 2.45) is 0 Å². The van der Waals surface area contributed by atoms with Crippen molar-refractivity contribution in [3.05, 3.63) is 53.7 Å². The molecule has 0 radical (unpaired) electrons. The van der Waals surface area contributed by atoms with E-state index >= 15 is 0 Å². The van der Waals surface area contributed by atoms with Gasteiger partial charge in [-0.3, -0.25) is 9.69 Å². The fourth-order valence-electron chi connectivity index (χ4n) is 2.85. The van der Waals surface area contributed by atoms with Gasteiger partial charge in [-0.2, -0.15) is 0 Å². The molecule has 1 aliphatic heterocycles. The summed E-state index contributed by atoms with van der Waals surface area (Å²) >= 11 is 0. The normalized spacial score (nSPS) is 14.3. The molecular weight excluding hydrogens is 360 g/mol. The number of ether oxygens (including phenoxy) is 2. The number of carbonyl (C=O) groups excluding carboxylic acids is 2. The lowest BCUT2D eigenvalue weighted by atomic mass is 10.2. The van der Waals surface area contributed by atoms with Gasteiger partial charge in [0.25, 0.3) is 5.91 Å². The van der Waals surface area contributed by atoms with Crippen LogP contribution in [0.1, 0.15) is 20.7 Å². The molecule has 0 saturated carbocycles. The van der Waals surface area contributed by atoms with Crippen LogP contribution in [0.5, 0.6) is 0 Å². The molecule has 148 valence electrons. The Kier molecular flexibility index (Phi) is 6.94. The second-order valence-corrected chi connectivity index (χ2v) is 6.34. The number of esters is 1. The van der Waals surface area contributed by atoms with Gasteiger partial charge < -0.3 is 20.1 Å². The Morgan fingerprint density at radius 2 is 2.00 bits per heavy atom. The molecule has 0 aliphatic carbocycles. The standard InChI is InChI=1S/C20H24N4O4/c1-27-20(26)15-3-2-4-17(13-15)23-18-6-5-16(14-22-18)19(25)21-7-8-24-9-11-28-12-10-24/h2-6,13-14H,7-12H2,1H3,(H,21,25)(H,22,23). The summed E-state index contributed by atoms with van der Waals surface area (Å²) < 4.78 is 10.0. The predicted octanol–water partition coefficient (Wildman–Crippen LogP) is 1.67. The topological polar surface area (TPSA) is 92.8 Å². The summed E-state index contributed by atoms with van der Waals surface area (Å²) in [5.74, 6) is 0.0209. The average molecular weight is 384 g/mol. The molecule has 0 unspecified atom stereocenters. The Morgan fingerprint density at radius 3 is 2.71 bits per heavy atom. The van der Waals surface area contributed by atoms with Crippen molar-refractivity contribution < 1.29 is 19.1 Å². The van der Waals surface area contributed by atoms with Crippen LogP contribution < -0.4 is 10.6 Å². The largest absolute Gasteiger partial charge is 0.465 e. The number of pyridine rings is 1. The zero-order chi connectivity index (χ0) is 19.8. The maximum Gasteiger partial charge on any atom is 0.337 e. The molecular formula is C20H24N4O4. The highest BCUT2D eigenvalue weighted by Gasteiger charge is 2.11. The van der Waals surface area contributed by atoms with Gasteiger partial charge in [0, 0.05) is 38.1 Å². The van der Waals surface area contributed by atoms with Gasteiger partial charge in [-0.05, 0) is 30.3 Å². The summed E-state index contributed by atoms with van der Waals surface area (Å²) in [4.78, 5) is 30.4. The first kappa shape index (κ1) is 19.8. The average Bonchev–Trinajstić information content (AvgIpc) is 2.74. The van der Waals surface area contributed by atoms with E-state index in [1.165, 1.54) is 13.3 Å². The van der Waals surface area contributed by atoms with Gasteiger partial charge in [-0.15, -0.1) is 0 Å². The van der Waals surface area contributed by atoms with Crippen molar-refractivity contribution in [3.8, 4) is 0 Å². The van der Waals surface area contributed by atoms with E-state index in [4.69, 9.17) is 9.47 Å². The van der Waals surface area contributed by atoms with Gasteiger partial charge in [-0.1, -0.05) is 6.07 Å². The number of nitrogens with zero attached hydrogens (tertiary/aromatic N) is 2. The molecule has 1 saturated heterocycles. The summed E-state index contributed by atoms with van der Waals surface area (Å²) in [5, 5.41) is 6.02. The predicted molar refractivity (Wildman–Crippen MR) is 105 cm³/mol. The van der Waals surface area contributed by atoms with Crippen molar-refractivity contribution in [2.45, 2.75) is 0 Å². The van der Waals surface area contributed by atoms with Crippen molar-refractivity contribution >= 4 is 23.4 Å². The highest BCUT2D eigenvalue weighted by molar-refractivity contribution is 5.94. The van der Waals surface area contributed by atoms with E-state index in [-0.39, 0.29) is 5.91 Å². The van der Waals surface area contributed by atoms with Crippen LogP contribution in [0.3, 0.4) is 0 Å². The fraction of sp³-hybridized carbons (Fsp3) is 0.350. The number of nitrogens with one attached hydrogen (secondary N) is 2. The summed E-state index contributed by atoms with van der Waals surface area (Å²) in [7, 11) is 1.34. The number of hydrogen-bond acceptors (Lipinski definition) is 7. The number of carbonyl (C=O) groups is 2. The third kappa shape index (κ3) is 5.51. The molecule has 8 heteroatoms. The van der Waals surface area contributed by atoms with E-state index in [1.807, 2.05) is 6.07 Å². The number of benzene rings is 1. The minimum atomic E-state index is -0.402. The Labute approximate surface area is 163 Å². The van der Waals surface area contributed by atoms with Crippen LogP contribution in [0.15, 0.2) is 42.6 Å². The van der Waals surface area contributed by atoms with Crippen LogP contribution in [-0.2, 0) is 9.47 Å². The Hall–Kier alpha value is -2.97. The second-order valence-electron chi connectivity index (χ2n) is 6.34. The molecule has 0 bridgehead atoms. The highest BCUT2D eigenvalue weighted by Crippen LogP contribution is 2.17. The second kappa shape index (κ2) is 9.82. The zero-order valence-electron chi connectivity index (χ0n) is 15.8. The molecule has 1 fully saturated rings. The van der Waals surface area contributed by atoms with Gasteiger partial charge in [-0.25, -0.2) is 9.78 Å². The maximum atomic E-state index is 12.2. The first-order chi connectivity index (χ1) is 13.7. The lowest BCUT2D eigenvalue weighted by Gasteiger charge is -2.26. The van der Waals surface area contributed by atoms with Crippen LogP contribution in [-0.4, -0.2) is 68.3 Å².